The van der Waals surface area contributed by atoms with Crippen LogP contribution in [0.15, 0.2) is 0 Å². The third kappa shape index (κ3) is 10.2. The molecular weight excluding hydrogens is 949 g/mol. The van der Waals surface area contributed by atoms with Crippen LogP contribution < -0.4 is 43.2 Å². The molecule has 6 heterocycles. The molecule has 15 fully saturated rings. The van der Waals surface area contributed by atoms with Crippen LogP contribution in [-0.2, 0) is 19.4 Å². The predicted molar refractivity (Wildman–Crippen MR) is 294 cm³/mol. The lowest BCUT2D eigenvalue weighted by atomic mass is 9.61. The molecule has 16 atom stereocenters. The average Bonchev–Trinajstić information content (AvgIpc) is 4.36. The summed E-state index contributed by atoms with van der Waals surface area (Å²) in [4.78, 5) is 31.1. The van der Waals surface area contributed by atoms with Gasteiger partial charge in [0, 0.05) is 59.9 Å². The second-order valence-electron chi connectivity index (χ2n) is 29.5. The Balaban J connectivity index is 0.715. The monoisotopic (exact) mass is 1050 g/mol. The summed E-state index contributed by atoms with van der Waals surface area (Å²) in [7, 11) is 0. The Bertz CT molecular complexity index is 1780. The van der Waals surface area contributed by atoms with Crippen LogP contribution in [0.2, 0.25) is 0 Å². The van der Waals surface area contributed by atoms with Crippen LogP contribution in [0.3, 0.4) is 0 Å². The molecule has 14 heteroatoms. The molecule has 6 saturated heterocycles. The Morgan fingerprint density at radius 3 is 0.987 bits per heavy atom. The zero-order valence-electron chi connectivity index (χ0n) is 47.0. The first-order valence-corrected chi connectivity index (χ1v) is 33.7. The van der Waals surface area contributed by atoms with Gasteiger partial charge in [0.15, 0.2) is 0 Å². The highest BCUT2D eigenvalue weighted by Gasteiger charge is 2.64. The van der Waals surface area contributed by atoms with Crippen LogP contribution in [0.1, 0.15) is 205 Å². The molecule has 0 amide bonds. The predicted octanol–water partition coefficient (Wildman–Crippen LogP) is 8.93. The fourth-order valence-electron chi connectivity index (χ4n) is 23.3. The van der Waals surface area contributed by atoms with Crippen molar-refractivity contribution in [2.45, 2.75) is 267 Å². The third-order valence-electron chi connectivity index (χ3n) is 26.5. The van der Waals surface area contributed by atoms with Crippen molar-refractivity contribution < 1.29 is 19.4 Å². The molecule has 14 nitrogen and oxygen atoms in total. The van der Waals surface area contributed by atoms with Gasteiger partial charge in [0.25, 0.3) is 0 Å². The summed E-state index contributed by atoms with van der Waals surface area (Å²) in [6.45, 7) is 3.18. The van der Waals surface area contributed by atoms with Crippen LogP contribution in [0.5, 0.6) is 0 Å². The van der Waals surface area contributed by atoms with Gasteiger partial charge >= 0.3 is 0 Å². The van der Waals surface area contributed by atoms with Crippen molar-refractivity contribution >= 4 is 0 Å². The third-order valence-corrected chi connectivity index (χ3v) is 26.5. The molecule has 0 aromatic carbocycles. The van der Waals surface area contributed by atoms with E-state index in [2.05, 4.69) is 53.0 Å². The second kappa shape index (κ2) is 23.2. The Labute approximate surface area is 458 Å². The fraction of sp³-hybridized carbons (Fsp3) is 1.00. The molecule has 428 valence electrons. The molecule has 6 aliphatic heterocycles. The lowest BCUT2D eigenvalue weighted by Crippen LogP contribution is -2.57. The number of hydrogen-bond donors (Lipinski definition) is 8. The first-order chi connectivity index (χ1) is 37.6. The largest absolute Gasteiger partial charge is 0.294 e. The van der Waals surface area contributed by atoms with E-state index in [1.807, 2.05) is 0 Å². The Morgan fingerprint density at radius 2 is 0.605 bits per heavy atom. The van der Waals surface area contributed by atoms with Gasteiger partial charge < -0.3 is 0 Å². The van der Waals surface area contributed by atoms with Crippen molar-refractivity contribution in [1.82, 2.24) is 53.0 Å². The van der Waals surface area contributed by atoms with E-state index in [1.165, 1.54) is 205 Å². The number of rotatable bonds is 10. The molecule has 0 spiro atoms. The van der Waals surface area contributed by atoms with Gasteiger partial charge in [0.05, 0.1) is 26.7 Å². The highest BCUT2D eigenvalue weighted by molar-refractivity contribution is 5.17. The molecule has 15 rings (SSSR count). The molecule has 9 saturated carbocycles. The van der Waals surface area contributed by atoms with Crippen molar-refractivity contribution in [3.05, 3.63) is 0 Å². The minimum Gasteiger partial charge on any atom is -0.294 e. The van der Waals surface area contributed by atoms with Crippen molar-refractivity contribution in [2.24, 2.45) is 94.7 Å². The van der Waals surface area contributed by atoms with Crippen LogP contribution in [0.25, 0.3) is 0 Å². The number of nitrogens with one attached hydrogen (secondary N) is 8. The summed E-state index contributed by atoms with van der Waals surface area (Å²) in [6.07, 6.45) is 46.9. The fourth-order valence-corrected chi connectivity index (χ4v) is 23.3. The Morgan fingerprint density at radius 1 is 0.263 bits per heavy atom. The van der Waals surface area contributed by atoms with E-state index in [9.17, 15) is 0 Å². The summed E-state index contributed by atoms with van der Waals surface area (Å²) in [5.41, 5.74) is 12.6. The molecular formula is C62H106N10O4. The van der Waals surface area contributed by atoms with Gasteiger partial charge in [-0.2, -0.15) is 21.9 Å². The van der Waals surface area contributed by atoms with Crippen LogP contribution in [0, 0.1) is 94.7 Å². The molecule has 15 aliphatic rings. The quantitative estimate of drug-likeness (QED) is 0.106. The van der Waals surface area contributed by atoms with E-state index in [0.717, 1.165) is 134 Å². The minimum atomic E-state index is 0.209. The van der Waals surface area contributed by atoms with Gasteiger partial charge in [-0.1, -0.05) is 25.7 Å². The van der Waals surface area contributed by atoms with E-state index in [-0.39, 0.29) is 24.9 Å². The van der Waals surface area contributed by atoms with Gasteiger partial charge in [-0.3, -0.25) is 50.4 Å². The topological polar surface area (TPSA) is 140 Å². The highest BCUT2D eigenvalue weighted by atomic mass is 16.7. The van der Waals surface area contributed by atoms with Gasteiger partial charge in [-0.15, -0.1) is 0 Å². The van der Waals surface area contributed by atoms with Crippen molar-refractivity contribution in [3.8, 4) is 0 Å². The standard InChI is InChI=1S/C62H106N10O4/c1-3-7-54-51(5-1)52-25-26-56-57(58(52)72(54)50-31-47(39-13-21-43(22-14-39)61-65-35-69-75-61)28-48(32-50)40-15-23-44(24-16-40)62-66-36-70-76-62)53-6-2-4-8-55(53)71(56)49-29-45(37-9-17-41(18-10-37)59-63-33-67-73-59)27-46(30-49)38-11-19-42(20-12-38)60-64-34-68-74-60/h37-70H,1-36H2. The number of fused-ring (bicyclic) bond motifs is 7. The Hall–Kier alpha value is -0.560. The maximum Gasteiger partial charge on any atom is 0.133 e. The summed E-state index contributed by atoms with van der Waals surface area (Å²) >= 11 is 0. The zero-order chi connectivity index (χ0) is 50.1. The van der Waals surface area contributed by atoms with Gasteiger partial charge in [0.2, 0.25) is 0 Å². The Kier molecular flexibility index (Phi) is 16.0. The van der Waals surface area contributed by atoms with Crippen LogP contribution >= 0.6 is 0 Å². The molecule has 16 unspecified atom stereocenters. The van der Waals surface area contributed by atoms with Crippen molar-refractivity contribution in [3.63, 3.8) is 0 Å². The van der Waals surface area contributed by atoms with E-state index in [1.54, 1.807) is 0 Å². The van der Waals surface area contributed by atoms with E-state index < -0.39 is 0 Å². The molecule has 0 bridgehead atoms. The van der Waals surface area contributed by atoms with Crippen molar-refractivity contribution in [2.75, 3.05) is 26.7 Å². The smallest absolute Gasteiger partial charge is 0.133 e. The van der Waals surface area contributed by atoms with Gasteiger partial charge in [-0.25, -0.2) is 0 Å². The van der Waals surface area contributed by atoms with Crippen LogP contribution in [-0.4, -0.2) is 97.6 Å². The molecule has 0 radical (unpaired) electrons. The highest BCUT2D eigenvalue weighted by Crippen LogP contribution is 2.62. The zero-order valence-corrected chi connectivity index (χ0v) is 47.0. The molecule has 9 aliphatic carbocycles. The summed E-state index contributed by atoms with van der Waals surface area (Å²) in [5, 5.41) is 14.5. The van der Waals surface area contributed by atoms with Gasteiger partial charge in [0.1, 0.15) is 24.9 Å². The molecule has 0 aromatic rings. The lowest BCUT2D eigenvalue weighted by Gasteiger charge is -2.53. The summed E-state index contributed by atoms with van der Waals surface area (Å²) in [6, 6.07) is 4.90. The minimum absolute atomic E-state index is 0.209. The normalized spacial score (nSPS) is 53.5. The molecule has 76 heavy (non-hydrogen) atoms. The molecule has 8 N–H and O–H groups in total. The summed E-state index contributed by atoms with van der Waals surface area (Å²) in [5.74, 6) is 13.5. The second-order valence-corrected chi connectivity index (χ2v) is 29.5. The first kappa shape index (κ1) is 52.3. The maximum absolute atomic E-state index is 6.02. The number of nitrogens with zero attached hydrogens (tertiary/aromatic N) is 2. The SMILES string of the molecule is C1CCC2C(C1)C1C(CCC3C4CCCCC4N(C4CC(C5CCC(C6NCNO6)CC5)CC(C5CCC(C6NCNO6)CC5)C4)C31)N2C1CC(C2CCC(C3NCNO3)CC2)CC(C2CCC(C3NCNO3)CC2)C1. The number of hydrogen-bond acceptors (Lipinski definition) is 14. The molecule has 0 aromatic heterocycles. The van der Waals surface area contributed by atoms with E-state index in [0.29, 0.717) is 23.7 Å². The maximum atomic E-state index is 6.02. The van der Waals surface area contributed by atoms with E-state index in [4.69, 9.17) is 19.4 Å². The summed E-state index contributed by atoms with van der Waals surface area (Å²) < 4.78 is 0. The lowest BCUT2D eigenvalue weighted by molar-refractivity contribution is -0.0503. The average molecular weight is 1060 g/mol. The first-order valence-electron chi connectivity index (χ1n) is 33.7. The van der Waals surface area contributed by atoms with Crippen LogP contribution in [0.4, 0.5) is 0 Å². The number of likely N-dealkylation sites (tertiary alicyclic amines) is 2. The number of hydroxylamine groups is 4. The van der Waals surface area contributed by atoms with Gasteiger partial charge in [-0.05, 0) is 251 Å². The van der Waals surface area contributed by atoms with E-state index >= 15 is 0 Å². The van der Waals surface area contributed by atoms with Crippen molar-refractivity contribution in [1.29, 1.82) is 0 Å².